The van der Waals surface area contributed by atoms with Crippen molar-refractivity contribution in [1.82, 2.24) is 5.32 Å². The van der Waals surface area contributed by atoms with Gasteiger partial charge in [0, 0.05) is 18.3 Å². The highest BCUT2D eigenvalue weighted by atomic mass is 32.2. The molecule has 1 aromatic carbocycles. The Morgan fingerprint density at radius 1 is 1.44 bits per heavy atom. The molecule has 1 aromatic rings. The van der Waals surface area contributed by atoms with E-state index in [2.05, 4.69) is 18.5 Å². The lowest BCUT2D eigenvalue weighted by molar-refractivity contribution is -0.119. The highest BCUT2D eigenvalue weighted by Crippen LogP contribution is 2.12. The first-order valence-corrected chi connectivity index (χ1v) is 7.23. The zero-order chi connectivity index (χ0) is 13.4. The molecule has 100 valence electrons. The molecule has 0 fully saturated rings. The largest absolute Gasteiger partial charge is 0.484 e. The number of rotatable bonds is 8. The number of primary amides is 1. The fraction of sp³-hybridized carbons (Fsp3) is 0.462. The Bertz CT molecular complexity index is 368. The fourth-order valence-electron chi connectivity index (χ4n) is 1.46. The molecule has 1 atom stereocenters. The molecule has 0 spiro atoms. The minimum absolute atomic E-state index is 0.0810. The molecule has 1 amide bonds. The third kappa shape index (κ3) is 5.93. The molecule has 1 rings (SSSR count). The average Bonchev–Trinajstić information content (AvgIpc) is 2.35. The Morgan fingerprint density at radius 2 is 2.11 bits per heavy atom. The zero-order valence-corrected chi connectivity index (χ0v) is 11.6. The number of nitrogens with one attached hydrogen (secondary N) is 1. The molecule has 3 N–H and O–H groups in total. The Balaban J connectivity index is 2.38. The lowest BCUT2D eigenvalue weighted by Crippen LogP contribution is -2.27. The second-order valence-corrected chi connectivity index (χ2v) is 5.05. The Hall–Kier alpha value is -1.20. The van der Waals surface area contributed by atoms with Crippen LogP contribution in [0, 0.1) is 0 Å². The number of carbonyl (C=O) groups is 1. The van der Waals surface area contributed by atoms with Crippen molar-refractivity contribution in [3.05, 3.63) is 29.8 Å². The predicted molar refractivity (Wildman–Crippen MR) is 75.8 cm³/mol. The van der Waals surface area contributed by atoms with Gasteiger partial charge in [-0.05, 0) is 30.9 Å². The van der Waals surface area contributed by atoms with E-state index in [0.717, 1.165) is 12.3 Å². The first-order valence-electron chi connectivity index (χ1n) is 5.84. The third-order valence-corrected chi connectivity index (χ3v) is 3.21. The summed E-state index contributed by atoms with van der Waals surface area (Å²) in [4.78, 5) is 10.6. The lowest BCUT2D eigenvalue weighted by Gasteiger charge is -2.12. The Kier molecular flexibility index (Phi) is 6.60. The summed E-state index contributed by atoms with van der Waals surface area (Å²) in [6.45, 7) is 2.92. The second-order valence-electron chi connectivity index (χ2n) is 4.14. The summed E-state index contributed by atoms with van der Waals surface area (Å²) >= 11 is 1.83. The third-order valence-electron chi connectivity index (χ3n) is 2.38. The van der Waals surface area contributed by atoms with Gasteiger partial charge >= 0.3 is 0 Å². The summed E-state index contributed by atoms with van der Waals surface area (Å²) in [6.07, 6.45) is 2.10. The van der Waals surface area contributed by atoms with Crippen molar-refractivity contribution < 1.29 is 9.53 Å². The summed E-state index contributed by atoms with van der Waals surface area (Å²) in [5, 5.41) is 3.43. The summed E-state index contributed by atoms with van der Waals surface area (Å²) in [5.41, 5.74) is 6.19. The van der Waals surface area contributed by atoms with Crippen LogP contribution in [0.5, 0.6) is 5.75 Å². The van der Waals surface area contributed by atoms with Gasteiger partial charge in [0.15, 0.2) is 6.61 Å². The molecular formula is C13H20N2O2S. The smallest absolute Gasteiger partial charge is 0.255 e. The quantitative estimate of drug-likeness (QED) is 0.748. The van der Waals surface area contributed by atoms with Gasteiger partial charge in [-0.25, -0.2) is 0 Å². The van der Waals surface area contributed by atoms with Crippen molar-refractivity contribution in [3.63, 3.8) is 0 Å². The average molecular weight is 268 g/mol. The molecule has 0 radical (unpaired) electrons. The Labute approximate surface area is 112 Å². The topological polar surface area (TPSA) is 64.3 Å². The summed E-state index contributed by atoms with van der Waals surface area (Å²) in [6, 6.07) is 8.15. The van der Waals surface area contributed by atoms with E-state index in [0.29, 0.717) is 11.8 Å². The van der Waals surface area contributed by atoms with Crippen LogP contribution in [-0.2, 0) is 11.3 Å². The molecule has 0 saturated carbocycles. The van der Waals surface area contributed by atoms with E-state index in [1.165, 1.54) is 5.56 Å². The number of nitrogens with two attached hydrogens (primary N) is 1. The van der Waals surface area contributed by atoms with E-state index >= 15 is 0 Å². The number of hydrogen-bond donors (Lipinski definition) is 2. The van der Waals surface area contributed by atoms with Gasteiger partial charge in [0.2, 0.25) is 0 Å². The number of thioether (sulfide) groups is 1. The van der Waals surface area contributed by atoms with E-state index in [1.807, 2.05) is 36.0 Å². The summed E-state index contributed by atoms with van der Waals surface area (Å²) in [5.74, 6) is 1.29. The van der Waals surface area contributed by atoms with Gasteiger partial charge in [-0.1, -0.05) is 12.1 Å². The van der Waals surface area contributed by atoms with E-state index < -0.39 is 5.91 Å². The molecule has 4 nitrogen and oxygen atoms in total. The van der Waals surface area contributed by atoms with Gasteiger partial charge in [-0.3, -0.25) is 4.79 Å². The van der Waals surface area contributed by atoms with E-state index in [4.69, 9.17) is 10.5 Å². The number of carbonyl (C=O) groups excluding carboxylic acids is 1. The first kappa shape index (κ1) is 14.9. The van der Waals surface area contributed by atoms with Crippen LogP contribution in [0.1, 0.15) is 12.5 Å². The van der Waals surface area contributed by atoms with Gasteiger partial charge in [0.1, 0.15) is 5.75 Å². The minimum atomic E-state index is -0.466. The normalized spacial score (nSPS) is 12.1. The molecule has 0 heterocycles. The van der Waals surface area contributed by atoms with Gasteiger partial charge in [-0.2, -0.15) is 11.8 Å². The van der Waals surface area contributed by atoms with Crippen LogP contribution in [0.15, 0.2) is 24.3 Å². The molecule has 0 aliphatic heterocycles. The SMILES string of the molecule is CSCC(C)NCc1ccc(OCC(N)=O)cc1. The molecule has 0 saturated heterocycles. The number of benzene rings is 1. The van der Waals surface area contributed by atoms with Gasteiger partial charge in [0.05, 0.1) is 0 Å². The van der Waals surface area contributed by atoms with Crippen molar-refractivity contribution in [2.75, 3.05) is 18.6 Å². The van der Waals surface area contributed by atoms with Crippen LogP contribution in [-0.4, -0.2) is 30.6 Å². The van der Waals surface area contributed by atoms with Crippen molar-refractivity contribution in [1.29, 1.82) is 0 Å². The van der Waals surface area contributed by atoms with E-state index in [9.17, 15) is 4.79 Å². The number of hydrogen-bond acceptors (Lipinski definition) is 4. The van der Waals surface area contributed by atoms with E-state index in [-0.39, 0.29) is 6.61 Å². The van der Waals surface area contributed by atoms with Gasteiger partial charge < -0.3 is 15.8 Å². The fourth-order valence-corrected chi connectivity index (χ4v) is 2.08. The first-order chi connectivity index (χ1) is 8.61. The standard InChI is InChI=1S/C13H20N2O2S/c1-10(9-18-2)15-7-11-3-5-12(6-4-11)17-8-13(14)16/h3-6,10,15H,7-9H2,1-2H3,(H2,14,16). The molecular weight excluding hydrogens is 248 g/mol. The van der Waals surface area contributed by atoms with Crippen molar-refractivity contribution >= 4 is 17.7 Å². The van der Waals surface area contributed by atoms with Crippen LogP contribution < -0.4 is 15.8 Å². The molecule has 18 heavy (non-hydrogen) atoms. The van der Waals surface area contributed by atoms with Crippen LogP contribution in [0.4, 0.5) is 0 Å². The minimum Gasteiger partial charge on any atom is -0.484 e. The highest BCUT2D eigenvalue weighted by molar-refractivity contribution is 7.98. The molecule has 1 unspecified atom stereocenters. The highest BCUT2D eigenvalue weighted by Gasteiger charge is 2.01. The van der Waals surface area contributed by atoms with Gasteiger partial charge in [-0.15, -0.1) is 0 Å². The predicted octanol–water partition coefficient (Wildman–Crippen LogP) is 1.39. The molecule has 0 aliphatic carbocycles. The molecule has 0 bridgehead atoms. The van der Waals surface area contributed by atoms with Crippen molar-refractivity contribution in [2.45, 2.75) is 19.5 Å². The number of amides is 1. The number of ether oxygens (including phenoxy) is 1. The van der Waals surface area contributed by atoms with Crippen LogP contribution in [0.3, 0.4) is 0 Å². The van der Waals surface area contributed by atoms with Gasteiger partial charge in [0.25, 0.3) is 5.91 Å². The maximum absolute atomic E-state index is 10.6. The maximum Gasteiger partial charge on any atom is 0.255 e. The van der Waals surface area contributed by atoms with E-state index in [1.54, 1.807) is 0 Å². The molecule has 5 heteroatoms. The van der Waals surface area contributed by atoms with Crippen LogP contribution in [0.2, 0.25) is 0 Å². The summed E-state index contributed by atoms with van der Waals surface area (Å²) in [7, 11) is 0. The van der Waals surface area contributed by atoms with Crippen LogP contribution in [0.25, 0.3) is 0 Å². The van der Waals surface area contributed by atoms with Crippen LogP contribution >= 0.6 is 11.8 Å². The summed E-state index contributed by atoms with van der Waals surface area (Å²) < 4.78 is 5.19. The monoisotopic (exact) mass is 268 g/mol. The zero-order valence-electron chi connectivity index (χ0n) is 10.8. The molecule has 0 aromatic heterocycles. The molecule has 0 aliphatic rings. The maximum atomic E-state index is 10.6. The Morgan fingerprint density at radius 3 is 2.67 bits per heavy atom. The van der Waals surface area contributed by atoms with Crippen molar-refractivity contribution in [3.8, 4) is 5.75 Å². The second kappa shape index (κ2) is 8.00. The van der Waals surface area contributed by atoms with Crippen molar-refractivity contribution in [2.24, 2.45) is 5.73 Å². The lowest BCUT2D eigenvalue weighted by atomic mass is 10.2.